The van der Waals surface area contributed by atoms with E-state index in [-0.39, 0.29) is 16.0 Å². The molecule has 0 radical (unpaired) electrons. The van der Waals surface area contributed by atoms with Crippen molar-refractivity contribution in [3.63, 3.8) is 0 Å². The Kier molecular flexibility index (Phi) is 4.99. The molecule has 0 saturated heterocycles. The molecular weight excluding hydrogens is 320 g/mol. The van der Waals surface area contributed by atoms with Gasteiger partial charge in [0, 0.05) is 4.47 Å². The molecule has 0 bridgehead atoms. The smallest absolute Gasteiger partial charge is 0.251 e. The molecule has 0 saturated carbocycles. The van der Waals surface area contributed by atoms with Crippen LogP contribution in [0.15, 0.2) is 27.6 Å². The van der Waals surface area contributed by atoms with Crippen LogP contribution in [0, 0.1) is 0 Å². The second-order valence-corrected chi connectivity index (χ2v) is 5.76. The predicted molar refractivity (Wildman–Crippen MR) is 61.3 cm³/mol. The molecular formula is C9H10BrF2NO3S. The molecule has 0 aliphatic rings. The number of halogens is 3. The number of rotatable bonds is 5. The molecule has 4 nitrogen and oxygen atoms in total. The molecule has 0 aromatic heterocycles. The quantitative estimate of drug-likeness (QED) is 0.860. The zero-order chi connectivity index (χ0) is 13.1. The number of hydrogen-bond donors (Lipinski definition) is 2. The largest absolute Gasteiger partial charge is 0.392 e. The van der Waals surface area contributed by atoms with E-state index in [0.29, 0.717) is 5.56 Å². The summed E-state index contributed by atoms with van der Waals surface area (Å²) in [6.45, 7) is -1.28. The van der Waals surface area contributed by atoms with Crippen molar-refractivity contribution < 1.29 is 22.3 Å². The lowest BCUT2D eigenvalue weighted by Gasteiger charge is -2.09. The molecule has 0 unspecified atom stereocenters. The summed E-state index contributed by atoms with van der Waals surface area (Å²) >= 11 is 3.01. The summed E-state index contributed by atoms with van der Waals surface area (Å²) in [7, 11) is -4.01. The van der Waals surface area contributed by atoms with Crippen molar-refractivity contribution >= 4 is 26.0 Å². The Morgan fingerprint density at radius 1 is 1.41 bits per heavy atom. The number of sulfonamides is 1. The van der Waals surface area contributed by atoms with Crippen LogP contribution in [0.5, 0.6) is 0 Å². The van der Waals surface area contributed by atoms with Crippen molar-refractivity contribution in [3.8, 4) is 0 Å². The third-order valence-electron chi connectivity index (χ3n) is 1.90. The van der Waals surface area contributed by atoms with E-state index in [1.807, 2.05) is 0 Å². The average molecular weight is 330 g/mol. The molecule has 0 aliphatic carbocycles. The lowest BCUT2D eigenvalue weighted by atomic mass is 10.2. The Morgan fingerprint density at radius 2 is 2.06 bits per heavy atom. The van der Waals surface area contributed by atoms with Crippen LogP contribution in [0.25, 0.3) is 0 Å². The normalized spacial score (nSPS) is 12.1. The highest BCUT2D eigenvalue weighted by Gasteiger charge is 2.19. The second kappa shape index (κ2) is 5.85. The lowest BCUT2D eigenvalue weighted by molar-refractivity contribution is 0.153. The zero-order valence-corrected chi connectivity index (χ0v) is 10.9. The van der Waals surface area contributed by atoms with Crippen LogP contribution in [0.1, 0.15) is 5.56 Å². The number of benzene rings is 1. The van der Waals surface area contributed by atoms with E-state index in [1.54, 1.807) is 4.72 Å². The van der Waals surface area contributed by atoms with E-state index in [2.05, 4.69) is 15.9 Å². The van der Waals surface area contributed by atoms with Gasteiger partial charge < -0.3 is 5.11 Å². The molecule has 0 aliphatic heterocycles. The molecule has 17 heavy (non-hydrogen) atoms. The van der Waals surface area contributed by atoms with Crippen LogP contribution in [0.3, 0.4) is 0 Å². The van der Waals surface area contributed by atoms with Gasteiger partial charge in [-0.25, -0.2) is 21.9 Å². The van der Waals surface area contributed by atoms with Crippen molar-refractivity contribution in [1.82, 2.24) is 4.72 Å². The lowest BCUT2D eigenvalue weighted by Crippen LogP contribution is -2.29. The first-order valence-corrected chi connectivity index (χ1v) is 6.81. The Balaban J connectivity index is 3.05. The van der Waals surface area contributed by atoms with Crippen molar-refractivity contribution in [1.29, 1.82) is 0 Å². The Morgan fingerprint density at radius 3 is 2.59 bits per heavy atom. The molecule has 1 rings (SSSR count). The fraction of sp³-hybridized carbons (Fsp3) is 0.333. The second-order valence-electron chi connectivity index (χ2n) is 3.17. The summed E-state index contributed by atoms with van der Waals surface area (Å²) in [5, 5.41) is 8.89. The van der Waals surface area contributed by atoms with Gasteiger partial charge >= 0.3 is 0 Å². The highest BCUT2D eigenvalue weighted by atomic mass is 79.9. The van der Waals surface area contributed by atoms with E-state index in [1.165, 1.54) is 18.2 Å². The van der Waals surface area contributed by atoms with E-state index in [4.69, 9.17) is 5.11 Å². The van der Waals surface area contributed by atoms with Gasteiger partial charge in [-0.05, 0) is 33.6 Å². The molecule has 0 heterocycles. The number of aliphatic hydroxyl groups excluding tert-OH is 1. The van der Waals surface area contributed by atoms with Gasteiger partial charge in [0.1, 0.15) is 0 Å². The first-order chi connectivity index (χ1) is 7.86. The number of alkyl halides is 2. The first-order valence-electron chi connectivity index (χ1n) is 4.54. The maximum atomic E-state index is 11.9. The summed E-state index contributed by atoms with van der Waals surface area (Å²) in [5.41, 5.74) is 0.380. The number of hydrogen-bond acceptors (Lipinski definition) is 3. The van der Waals surface area contributed by atoms with Crippen LogP contribution in [0.4, 0.5) is 8.78 Å². The van der Waals surface area contributed by atoms with Crippen molar-refractivity contribution in [2.75, 3.05) is 6.54 Å². The monoisotopic (exact) mass is 329 g/mol. The highest BCUT2D eigenvalue weighted by molar-refractivity contribution is 9.10. The van der Waals surface area contributed by atoms with Crippen LogP contribution >= 0.6 is 15.9 Å². The summed E-state index contributed by atoms with van der Waals surface area (Å²) in [6.07, 6.45) is -2.76. The molecule has 0 atom stereocenters. The van der Waals surface area contributed by atoms with Crippen LogP contribution < -0.4 is 4.72 Å². The maximum Gasteiger partial charge on any atom is 0.251 e. The molecule has 96 valence electrons. The zero-order valence-electron chi connectivity index (χ0n) is 8.53. The Bertz CT molecular complexity index is 493. The molecule has 0 fully saturated rings. The van der Waals surface area contributed by atoms with Crippen LogP contribution in [0.2, 0.25) is 0 Å². The third kappa shape index (κ3) is 3.98. The van der Waals surface area contributed by atoms with E-state index >= 15 is 0 Å². The molecule has 0 spiro atoms. The van der Waals surface area contributed by atoms with Crippen LogP contribution in [-0.4, -0.2) is 26.5 Å². The molecule has 1 aromatic rings. The van der Waals surface area contributed by atoms with Gasteiger partial charge in [-0.3, -0.25) is 0 Å². The van der Waals surface area contributed by atoms with E-state index in [0.717, 1.165) is 0 Å². The Labute approximate surface area is 106 Å². The summed E-state index contributed by atoms with van der Waals surface area (Å²) in [5.74, 6) is 0. The maximum absolute atomic E-state index is 11.9. The van der Waals surface area contributed by atoms with Crippen molar-refractivity contribution in [3.05, 3.63) is 28.2 Å². The highest BCUT2D eigenvalue weighted by Crippen LogP contribution is 2.23. The minimum absolute atomic E-state index is 0.176. The molecule has 8 heteroatoms. The van der Waals surface area contributed by atoms with Gasteiger partial charge in [0.2, 0.25) is 10.0 Å². The standard InChI is InChI=1S/C9H10BrF2NO3S/c10-7-2-1-6(5-14)3-8(7)17(15,16)13-4-9(11)12/h1-3,9,13-14H,4-5H2. The topological polar surface area (TPSA) is 66.4 Å². The van der Waals surface area contributed by atoms with Gasteiger partial charge in [-0.15, -0.1) is 0 Å². The molecule has 2 N–H and O–H groups in total. The van der Waals surface area contributed by atoms with Crippen LogP contribution in [-0.2, 0) is 16.6 Å². The van der Waals surface area contributed by atoms with Gasteiger partial charge in [0.05, 0.1) is 18.0 Å². The minimum atomic E-state index is -4.01. The summed E-state index contributed by atoms with van der Waals surface area (Å²) in [4.78, 5) is -0.176. The molecule has 1 aromatic carbocycles. The van der Waals surface area contributed by atoms with Crippen molar-refractivity contribution in [2.45, 2.75) is 17.9 Å². The van der Waals surface area contributed by atoms with Crippen molar-refractivity contribution in [2.24, 2.45) is 0 Å². The number of aliphatic hydroxyl groups is 1. The van der Waals surface area contributed by atoms with E-state index in [9.17, 15) is 17.2 Å². The van der Waals surface area contributed by atoms with Gasteiger partial charge in [0.15, 0.2) is 0 Å². The molecule has 0 amide bonds. The third-order valence-corrected chi connectivity index (χ3v) is 4.31. The first kappa shape index (κ1) is 14.5. The summed E-state index contributed by atoms with van der Waals surface area (Å²) < 4.78 is 49.3. The Hall–Kier alpha value is -0.570. The van der Waals surface area contributed by atoms with E-state index < -0.39 is 23.0 Å². The van der Waals surface area contributed by atoms with Gasteiger partial charge in [-0.1, -0.05) is 6.07 Å². The SMILES string of the molecule is O=S(=O)(NCC(F)F)c1cc(CO)ccc1Br. The number of nitrogens with one attached hydrogen (secondary N) is 1. The minimum Gasteiger partial charge on any atom is -0.392 e. The van der Waals surface area contributed by atoms with Gasteiger partial charge in [0.25, 0.3) is 6.43 Å². The summed E-state index contributed by atoms with van der Waals surface area (Å²) in [6, 6.07) is 4.18. The fourth-order valence-corrected chi connectivity index (χ4v) is 3.12. The van der Waals surface area contributed by atoms with Gasteiger partial charge in [-0.2, -0.15) is 0 Å². The average Bonchev–Trinajstić information content (AvgIpc) is 2.27. The fourth-order valence-electron chi connectivity index (χ4n) is 1.10. The predicted octanol–water partition coefficient (Wildman–Crippen LogP) is 1.48.